The molecule has 1 unspecified atom stereocenters. The Morgan fingerprint density at radius 2 is 2.00 bits per heavy atom. The molecule has 7 heteroatoms. The normalized spacial score (nSPS) is 19.2. The second kappa shape index (κ2) is 6.83. The number of hydrogen-bond donors (Lipinski definition) is 0. The fraction of sp³-hybridized carbons (Fsp3) is 0.455. The first-order valence-corrected chi connectivity index (χ1v) is 10.3. The molecule has 0 radical (unpaired) electrons. The predicted molar refractivity (Wildman–Crippen MR) is 110 cm³/mol. The number of para-hydroxylation sites is 1. The van der Waals surface area contributed by atoms with Crippen LogP contribution in [-0.2, 0) is 13.6 Å². The molecule has 150 valence electrons. The van der Waals surface area contributed by atoms with Gasteiger partial charge >= 0.3 is 0 Å². The summed E-state index contributed by atoms with van der Waals surface area (Å²) in [6.07, 6.45) is 4.01. The lowest BCUT2D eigenvalue weighted by Crippen LogP contribution is -2.36. The van der Waals surface area contributed by atoms with Crippen LogP contribution in [-0.4, -0.2) is 36.7 Å². The SMILES string of the molecule is Cc1cc(C(=O)N2CCCC2c2nc3ccccc3c(=O)n2CC2CC2)nn1C. The molecule has 1 atom stereocenters. The number of nitrogens with zero attached hydrogens (tertiary/aromatic N) is 5. The minimum Gasteiger partial charge on any atom is -0.327 e. The zero-order valence-electron chi connectivity index (χ0n) is 16.8. The van der Waals surface area contributed by atoms with Crippen LogP contribution < -0.4 is 5.56 Å². The number of likely N-dealkylation sites (tertiary alicyclic amines) is 1. The van der Waals surface area contributed by atoms with Crippen molar-refractivity contribution in [2.45, 2.75) is 45.2 Å². The molecule has 3 heterocycles. The van der Waals surface area contributed by atoms with E-state index in [1.165, 1.54) is 0 Å². The zero-order chi connectivity index (χ0) is 20.1. The summed E-state index contributed by atoms with van der Waals surface area (Å²) in [6, 6.07) is 9.12. The Kier molecular flexibility index (Phi) is 4.26. The number of aromatic nitrogens is 4. The molecule has 1 amide bonds. The number of rotatable bonds is 4. The van der Waals surface area contributed by atoms with Crippen molar-refractivity contribution in [1.82, 2.24) is 24.2 Å². The largest absolute Gasteiger partial charge is 0.327 e. The summed E-state index contributed by atoms with van der Waals surface area (Å²) >= 11 is 0. The second-order valence-corrected chi connectivity index (χ2v) is 8.30. The van der Waals surface area contributed by atoms with Gasteiger partial charge in [0.05, 0.1) is 16.9 Å². The maximum atomic E-state index is 13.3. The van der Waals surface area contributed by atoms with Crippen molar-refractivity contribution in [3.63, 3.8) is 0 Å². The smallest absolute Gasteiger partial charge is 0.274 e. The Balaban J connectivity index is 1.59. The summed E-state index contributed by atoms with van der Waals surface area (Å²) in [5.74, 6) is 1.18. The van der Waals surface area contributed by atoms with Crippen LogP contribution in [0, 0.1) is 12.8 Å². The van der Waals surface area contributed by atoms with Gasteiger partial charge in [0, 0.05) is 25.8 Å². The molecule has 0 bridgehead atoms. The van der Waals surface area contributed by atoms with Gasteiger partial charge in [-0.3, -0.25) is 18.8 Å². The molecule has 1 aromatic carbocycles. The molecule has 1 saturated heterocycles. The van der Waals surface area contributed by atoms with Crippen molar-refractivity contribution in [2.24, 2.45) is 13.0 Å². The van der Waals surface area contributed by atoms with Gasteiger partial charge in [-0.15, -0.1) is 0 Å². The fourth-order valence-corrected chi connectivity index (χ4v) is 4.27. The molecular formula is C22H25N5O2. The van der Waals surface area contributed by atoms with Crippen molar-refractivity contribution in [1.29, 1.82) is 0 Å². The molecule has 7 nitrogen and oxygen atoms in total. The molecule has 29 heavy (non-hydrogen) atoms. The highest BCUT2D eigenvalue weighted by molar-refractivity contribution is 5.93. The Morgan fingerprint density at radius 1 is 1.21 bits per heavy atom. The topological polar surface area (TPSA) is 73.0 Å². The van der Waals surface area contributed by atoms with Crippen molar-refractivity contribution >= 4 is 16.8 Å². The summed E-state index contributed by atoms with van der Waals surface area (Å²) in [7, 11) is 1.84. The van der Waals surface area contributed by atoms with E-state index in [0.29, 0.717) is 35.6 Å². The lowest BCUT2D eigenvalue weighted by molar-refractivity contribution is 0.0719. The maximum Gasteiger partial charge on any atom is 0.274 e. The van der Waals surface area contributed by atoms with Gasteiger partial charge in [-0.1, -0.05) is 12.1 Å². The Morgan fingerprint density at radius 3 is 2.72 bits per heavy atom. The van der Waals surface area contributed by atoms with E-state index >= 15 is 0 Å². The molecule has 1 aliphatic heterocycles. The van der Waals surface area contributed by atoms with Crippen LogP contribution in [0.4, 0.5) is 0 Å². The van der Waals surface area contributed by atoms with E-state index in [1.807, 2.05) is 53.8 Å². The molecule has 5 rings (SSSR count). The minimum atomic E-state index is -0.194. The number of benzene rings is 1. The van der Waals surface area contributed by atoms with Crippen LogP contribution in [0.2, 0.25) is 0 Å². The molecule has 1 aliphatic carbocycles. The summed E-state index contributed by atoms with van der Waals surface area (Å²) in [5.41, 5.74) is 2.10. The summed E-state index contributed by atoms with van der Waals surface area (Å²) in [5, 5.41) is 5.01. The molecule has 0 N–H and O–H groups in total. The van der Waals surface area contributed by atoms with E-state index in [1.54, 1.807) is 4.68 Å². The standard InChI is InChI=1S/C22H25N5O2/c1-14-12-18(24-25(14)2)22(29)26-11-5-8-19(26)20-23-17-7-4-3-6-16(17)21(28)27(20)13-15-9-10-15/h3-4,6-7,12,15,19H,5,8-11,13H2,1-2H3. The molecule has 2 fully saturated rings. The lowest BCUT2D eigenvalue weighted by Gasteiger charge is -2.26. The van der Waals surface area contributed by atoms with Crippen LogP contribution in [0.25, 0.3) is 10.9 Å². The molecular weight excluding hydrogens is 366 g/mol. The highest BCUT2D eigenvalue weighted by Gasteiger charge is 2.36. The van der Waals surface area contributed by atoms with E-state index in [4.69, 9.17) is 4.98 Å². The Bertz CT molecular complexity index is 1140. The fourth-order valence-electron chi connectivity index (χ4n) is 4.27. The molecule has 0 spiro atoms. The quantitative estimate of drug-likeness (QED) is 0.686. The van der Waals surface area contributed by atoms with E-state index in [0.717, 1.165) is 37.2 Å². The first-order chi connectivity index (χ1) is 14.0. The molecule has 2 aliphatic rings. The van der Waals surface area contributed by atoms with Crippen molar-refractivity contribution in [3.05, 3.63) is 57.9 Å². The van der Waals surface area contributed by atoms with Crippen LogP contribution in [0.1, 0.15) is 53.7 Å². The van der Waals surface area contributed by atoms with Crippen LogP contribution in [0.3, 0.4) is 0 Å². The van der Waals surface area contributed by atoms with E-state index in [9.17, 15) is 9.59 Å². The minimum absolute atomic E-state index is 0.00507. The van der Waals surface area contributed by atoms with Gasteiger partial charge in [0.2, 0.25) is 0 Å². The highest BCUT2D eigenvalue weighted by Crippen LogP contribution is 2.35. The van der Waals surface area contributed by atoms with Gasteiger partial charge in [0.1, 0.15) is 5.82 Å². The molecule has 2 aromatic heterocycles. The maximum absolute atomic E-state index is 13.3. The number of hydrogen-bond acceptors (Lipinski definition) is 4. The highest BCUT2D eigenvalue weighted by atomic mass is 16.2. The first kappa shape index (κ1) is 18.1. The number of amides is 1. The number of carbonyl (C=O) groups excluding carboxylic acids is 1. The Labute approximate surface area is 169 Å². The van der Waals surface area contributed by atoms with Gasteiger partial charge in [-0.2, -0.15) is 5.10 Å². The van der Waals surface area contributed by atoms with Crippen molar-refractivity contribution in [3.8, 4) is 0 Å². The third kappa shape index (κ3) is 3.14. The number of carbonyl (C=O) groups is 1. The molecule has 1 saturated carbocycles. The summed E-state index contributed by atoms with van der Waals surface area (Å²) in [6.45, 7) is 3.28. The predicted octanol–water partition coefficient (Wildman–Crippen LogP) is 2.83. The van der Waals surface area contributed by atoms with E-state index in [2.05, 4.69) is 5.10 Å². The third-order valence-electron chi connectivity index (χ3n) is 6.17. The van der Waals surface area contributed by atoms with Gasteiger partial charge in [-0.05, 0) is 56.7 Å². The summed E-state index contributed by atoms with van der Waals surface area (Å²) in [4.78, 5) is 33.2. The monoisotopic (exact) mass is 391 g/mol. The zero-order valence-corrected chi connectivity index (χ0v) is 16.8. The van der Waals surface area contributed by atoms with Crippen LogP contribution in [0.15, 0.2) is 35.1 Å². The first-order valence-electron chi connectivity index (χ1n) is 10.3. The summed E-state index contributed by atoms with van der Waals surface area (Å²) < 4.78 is 3.55. The average molecular weight is 391 g/mol. The van der Waals surface area contributed by atoms with Gasteiger partial charge in [-0.25, -0.2) is 4.98 Å². The molecule has 3 aromatic rings. The van der Waals surface area contributed by atoms with Crippen molar-refractivity contribution in [2.75, 3.05) is 6.54 Å². The lowest BCUT2D eigenvalue weighted by atomic mass is 10.1. The van der Waals surface area contributed by atoms with Gasteiger partial charge in [0.25, 0.3) is 11.5 Å². The third-order valence-corrected chi connectivity index (χ3v) is 6.17. The average Bonchev–Trinajstić information content (AvgIpc) is 3.29. The van der Waals surface area contributed by atoms with Crippen LogP contribution in [0.5, 0.6) is 0 Å². The number of aryl methyl sites for hydroxylation is 2. The van der Waals surface area contributed by atoms with E-state index < -0.39 is 0 Å². The van der Waals surface area contributed by atoms with Crippen LogP contribution >= 0.6 is 0 Å². The van der Waals surface area contributed by atoms with E-state index in [-0.39, 0.29) is 17.5 Å². The van der Waals surface area contributed by atoms with Gasteiger partial charge in [0.15, 0.2) is 5.69 Å². The Hall–Kier alpha value is -2.96. The van der Waals surface area contributed by atoms with Gasteiger partial charge < -0.3 is 4.90 Å². The number of fused-ring (bicyclic) bond motifs is 1. The second-order valence-electron chi connectivity index (χ2n) is 8.30. The van der Waals surface area contributed by atoms with Crippen molar-refractivity contribution < 1.29 is 4.79 Å².